The molecule has 2 aliphatic heterocycles. The molecule has 4 rings (SSSR count). The van der Waals surface area contributed by atoms with Gasteiger partial charge in [0.05, 0.1) is 18.9 Å². The minimum absolute atomic E-state index is 0.0640. The second-order valence-electron chi connectivity index (χ2n) is 9.45. The van der Waals surface area contributed by atoms with Crippen LogP contribution in [0.1, 0.15) is 43.2 Å². The molecule has 1 unspecified atom stereocenters. The van der Waals surface area contributed by atoms with Crippen molar-refractivity contribution in [2.24, 2.45) is 5.92 Å². The van der Waals surface area contributed by atoms with Crippen LogP contribution in [0.5, 0.6) is 11.5 Å². The number of amides is 2. The van der Waals surface area contributed by atoms with E-state index in [9.17, 15) is 9.59 Å². The summed E-state index contributed by atoms with van der Waals surface area (Å²) in [6.07, 6.45) is 3.86. The molecule has 0 N–H and O–H groups in total. The van der Waals surface area contributed by atoms with Crippen LogP contribution in [0.4, 0.5) is 0 Å². The second-order valence-corrected chi connectivity index (χ2v) is 9.45. The third-order valence-corrected chi connectivity index (χ3v) is 6.90. The molecule has 34 heavy (non-hydrogen) atoms. The summed E-state index contributed by atoms with van der Waals surface area (Å²) in [6, 6.07) is 15.7. The van der Waals surface area contributed by atoms with Gasteiger partial charge >= 0.3 is 0 Å². The molecule has 2 amide bonds. The molecule has 182 valence electrons. The van der Waals surface area contributed by atoms with Crippen LogP contribution in [0.2, 0.25) is 0 Å². The Labute approximate surface area is 202 Å². The van der Waals surface area contributed by atoms with Crippen LogP contribution in [-0.2, 0) is 9.59 Å². The van der Waals surface area contributed by atoms with E-state index in [4.69, 9.17) is 9.47 Å². The van der Waals surface area contributed by atoms with E-state index < -0.39 is 0 Å². The van der Waals surface area contributed by atoms with Gasteiger partial charge in [-0.2, -0.15) is 0 Å². The van der Waals surface area contributed by atoms with Gasteiger partial charge in [0, 0.05) is 39.0 Å². The number of likely N-dealkylation sites (tertiary alicyclic amines) is 2. The lowest BCUT2D eigenvalue weighted by Crippen LogP contribution is -2.49. The van der Waals surface area contributed by atoms with E-state index in [0.717, 1.165) is 54.9 Å². The SMILES string of the molecule is Cc1cccc(C)c1OC1CCN(C(=O)C2CCCN(C(=O)CCOc3ccccc3)C2)CC1. The van der Waals surface area contributed by atoms with Crippen molar-refractivity contribution >= 4 is 11.8 Å². The van der Waals surface area contributed by atoms with E-state index >= 15 is 0 Å². The number of rotatable bonds is 7. The van der Waals surface area contributed by atoms with E-state index in [1.54, 1.807) is 0 Å². The highest BCUT2D eigenvalue weighted by atomic mass is 16.5. The first-order chi connectivity index (χ1) is 16.5. The molecule has 0 aromatic heterocycles. The molecule has 1 atom stereocenters. The van der Waals surface area contributed by atoms with E-state index in [2.05, 4.69) is 26.0 Å². The smallest absolute Gasteiger partial charge is 0.227 e. The summed E-state index contributed by atoms with van der Waals surface area (Å²) in [6.45, 7) is 7.16. The average molecular weight is 465 g/mol. The van der Waals surface area contributed by atoms with Crippen molar-refractivity contribution < 1.29 is 19.1 Å². The number of para-hydroxylation sites is 2. The molecule has 0 saturated carbocycles. The van der Waals surface area contributed by atoms with Crippen molar-refractivity contribution in [3.05, 3.63) is 59.7 Å². The zero-order valence-corrected chi connectivity index (χ0v) is 20.4. The normalized spacial score (nSPS) is 19.1. The van der Waals surface area contributed by atoms with E-state index in [1.165, 1.54) is 0 Å². The number of nitrogens with zero attached hydrogens (tertiary/aromatic N) is 2. The van der Waals surface area contributed by atoms with Gasteiger partial charge in [-0.1, -0.05) is 36.4 Å². The summed E-state index contributed by atoms with van der Waals surface area (Å²) < 4.78 is 12.0. The summed E-state index contributed by atoms with van der Waals surface area (Å²) in [7, 11) is 0. The summed E-state index contributed by atoms with van der Waals surface area (Å²) in [5, 5.41) is 0. The number of ether oxygens (including phenoxy) is 2. The van der Waals surface area contributed by atoms with Gasteiger partial charge in [-0.3, -0.25) is 9.59 Å². The number of hydrogen-bond acceptors (Lipinski definition) is 4. The predicted octanol–water partition coefficient (Wildman–Crippen LogP) is 4.38. The molecule has 2 aliphatic rings. The van der Waals surface area contributed by atoms with Crippen LogP contribution in [0.25, 0.3) is 0 Å². The van der Waals surface area contributed by atoms with Crippen molar-refractivity contribution in [3.63, 3.8) is 0 Å². The molecule has 0 bridgehead atoms. The van der Waals surface area contributed by atoms with Crippen LogP contribution < -0.4 is 9.47 Å². The van der Waals surface area contributed by atoms with Gasteiger partial charge in [0.2, 0.25) is 11.8 Å². The van der Waals surface area contributed by atoms with Gasteiger partial charge in [-0.25, -0.2) is 0 Å². The molecule has 2 aromatic rings. The van der Waals surface area contributed by atoms with Crippen molar-refractivity contribution in [2.75, 3.05) is 32.8 Å². The van der Waals surface area contributed by atoms with Crippen molar-refractivity contribution in [1.82, 2.24) is 9.80 Å². The van der Waals surface area contributed by atoms with E-state index in [1.807, 2.05) is 46.2 Å². The van der Waals surface area contributed by atoms with Crippen LogP contribution in [0.3, 0.4) is 0 Å². The molecule has 6 nitrogen and oxygen atoms in total. The molecule has 0 aliphatic carbocycles. The van der Waals surface area contributed by atoms with Gasteiger partial charge in [0.1, 0.15) is 17.6 Å². The fourth-order valence-corrected chi connectivity index (χ4v) is 4.94. The highest BCUT2D eigenvalue weighted by molar-refractivity contribution is 5.81. The Morgan fingerprint density at radius 1 is 0.882 bits per heavy atom. The largest absolute Gasteiger partial charge is 0.493 e. The highest BCUT2D eigenvalue weighted by Gasteiger charge is 2.33. The molecular weight excluding hydrogens is 428 g/mol. The Morgan fingerprint density at radius 3 is 2.29 bits per heavy atom. The van der Waals surface area contributed by atoms with Gasteiger partial charge in [-0.05, 0) is 49.9 Å². The average Bonchev–Trinajstić information content (AvgIpc) is 2.87. The van der Waals surface area contributed by atoms with Gasteiger partial charge in [-0.15, -0.1) is 0 Å². The molecule has 2 fully saturated rings. The lowest BCUT2D eigenvalue weighted by atomic mass is 9.95. The number of piperidine rings is 2. The molecule has 6 heteroatoms. The maximum absolute atomic E-state index is 13.2. The minimum Gasteiger partial charge on any atom is -0.493 e. The maximum Gasteiger partial charge on any atom is 0.227 e. The lowest BCUT2D eigenvalue weighted by molar-refractivity contribution is -0.142. The first-order valence-corrected chi connectivity index (χ1v) is 12.5. The Balaban J connectivity index is 1.23. The van der Waals surface area contributed by atoms with Gasteiger partial charge in [0.15, 0.2) is 0 Å². The monoisotopic (exact) mass is 464 g/mol. The first kappa shape index (κ1) is 24.1. The van der Waals surface area contributed by atoms with Crippen molar-refractivity contribution in [1.29, 1.82) is 0 Å². The molecule has 0 radical (unpaired) electrons. The number of carbonyl (C=O) groups excluding carboxylic acids is 2. The van der Waals surface area contributed by atoms with Gasteiger partial charge in [0.25, 0.3) is 0 Å². The fourth-order valence-electron chi connectivity index (χ4n) is 4.94. The topological polar surface area (TPSA) is 59.1 Å². The summed E-state index contributed by atoms with van der Waals surface area (Å²) in [4.78, 5) is 29.7. The van der Waals surface area contributed by atoms with Crippen molar-refractivity contribution in [2.45, 2.75) is 52.1 Å². The Hall–Kier alpha value is -3.02. The number of aryl methyl sites for hydroxylation is 2. The third kappa shape index (κ3) is 6.10. The quantitative estimate of drug-likeness (QED) is 0.610. The molecule has 0 spiro atoms. The standard InChI is InChI=1S/C28H36N2O4/c1-21-8-6-9-22(2)27(21)34-25-13-17-29(18-14-25)28(32)23-10-7-16-30(20-23)26(31)15-19-33-24-11-4-3-5-12-24/h3-6,8-9,11-12,23,25H,7,10,13-20H2,1-2H3. The van der Waals surface area contributed by atoms with E-state index in [-0.39, 0.29) is 23.8 Å². The third-order valence-electron chi connectivity index (χ3n) is 6.90. The van der Waals surface area contributed by atoms with Crippen LogP contribution in [-0.4, -0.2) is 60.5 Å². The number of hydrogen-bond donors (Lipinski definition) is 0. The zero-order valence-electron chi connectivity index (χ0n) is 20.4. The van der Waals surface area contributed by atoms with E-state index in [0.29, 0.717) is 32.7 Å². The Morgan fingerprint density at radius 2 is 1.59 bits per heavy atom. The summed E-state index contributed by atoms with van der Waals surface area (Å²) in [5.74, 6) is 1.89. The zero-order chi connectivity index (χ0) is 23.9. The van der Waals surface area contributed by atoms with Gasteiger partial charge < -0.3 is 19.3 Å². The van der Waals surface area contributed by atoms with Crippen LogP contribution in [0.15, 0.2) is 48.5 Å². The number of benzene rings is 2. The maximum atomic E-state index is 13.2. The summed E-state index contributed by atoms with van der Waals surface area (Å²) in [5.41, 5.74) is 2.30. The molecule has 2 saturated heterocycles. The molecular formula is C28H36N2O4. The lowest BCUT2D eigenvalue weighted by Gasteiger charge is -2.38. The van der Waals surface area contributed by atoms with Crippen LogP contribution in [0, 0.1) is 19.8 Å². The highest BCUT2D eigenvalue weighted by Crippen LogP contribution is 2.27. The Bertz CT molecular complexity index is 949. The minimum atomic E-state index is -0.108. The van der Waals surface area contributed by atoms with Crippen molar-refractivity contribution in [3.8, 4) is 11.5 Å². The second kappa shape index (κ2) is 11.4. The predicted molar refractivity (Wildman–Crippen MR) is 132 cm³/mol. The Kier molecular flexibility index (Phi) is 8.09. The van der Waals surface area contributed by atoms with Crippen LogP contribution >= 0.6 is 0 Å². The number of carbonyl (C=O) groups is 2. The summed E-state index contributed by atoms with van der Waals surface area (Å²) >= 11 is 0. The first-order valence-electron chi connectivity index (χ1n) is 12.5. The molecule has 2 aromatic carbocycles. The fraction of sp³-hybridized carbons (Fsp3) is 0.500. The molecule has 2 heterocycles.